The maximum atomic E-state index is 13.3. The van der Waals surface area contributed by atoms with Gasteiger partial charge in [0.1, 0.15) is 11.2 Å². The maximum absolute atomic E-state index is 13.3. The molecule has 0 aliphatic carbocycles. The van der Waals surface area contributed by atoms with Gasteiger partial charge in [-0.1, -0.05) is 23.7 Å². The summed E-state index contributed by atoms with van der Waals surface area (Å²) in [6.45, 7) is 0. The molecule has 0 aliphatic heterocycles. The summed E-state index contributed by atoms with van der Waals surface area (Å²) in [7, 11) is 0. The summed E-state index contributed by atoms with van der Waals surface area (Å²) in [5, 5.41) is 7.55. The van der Waals surface area contributed by atoms with Gasteiger partial charge in [0.2, 0.25) is 0 Å². The van der Waals surface area contributed by atoms with Gasteiger partial charge in [-0.05, 0) is 42.7 Å². The number of benzene rings is 2. The maximum Gasteiger partial charge on any atom is 0.271 e. The van der Waals surface area contributed by atoms with Crippen molar-refractivity contribution >= 4 is 40.2 Å². The molecule has 2 heterocycles. The lowest BCUT2D eigenvalue weighted by molar-refractivity contribution is 0.949. The molecular formula is C18H14ClN5OS. The molecule has 3 N–H and O–H groups in total. The van der Waals surface area contributed by atoms with Crippen molar-refractivity contribution in [1.82, 2.24) is 19.7 Å². The zero-order valence-corrected chi connectivity index (χ0v) is 15.3. The molecule has 6 nitrogen and oxygen atoms in total. The molecule has 0 amide bonds. The lowest BCUT2D eigenvalue weighted by Gasteiger charge is -2.15. The number of nitrogens with two attached hydrogens (primary N) is 1. The fourth-order valence-corrected chi connectivity index (χ4v) is 3.54. The molecule has 0 atom stereocenters. The normalized spacial score (nSPS) is 11.2. The van der Waals surface area contributed by atoms with Crippen molar-refractivity contribution in [2.24, 2.45) is 0 Å². The van der Waals surface area contributed by atoms with Gasteiger partial charge >= 0.3 is 0 Å². The third kappa shape index (κ3) is 2.65. The van der Waals surface area contributed by atoms with Crippen LogP contribution in [0.4, 0.5) is 5.82 Å². The second-order valence-corrected chi connectivity index (χ2v) is 6.87. The number of hydrogen-bond donors (Lipinski definition) is 2. The van der Waals surface area contributed by atoms with Crippen LogP contribution in [0.3, 0.4) is 0 Å². The van der Waals surface area contributed by atoms with Crippen molar-refractivity contribution < 1.29 is 0 Å². The Labute approximate surface area is 158 Å². The van der Waals surface area contributed by atoms with Crippen LogP contribution >= 0.6 is 23.4 Å². The molecule has 2 aromatic carbocycles. The van der Waals surface area contributed by atoms with Crippen LogP contribution in [0.1, 0.15) is 0 Å². The molecule has 4 aromatic rings. The molecule has 0 saturated heterocycles. The highest BCUT2D eigenvalue weighted by Crippen LogP contribution is 2.28. The van der Waals surface area contributed by atoms with Gasteiger partial charge in [0.05, 0.1) is 5.69 Å². The average Bonchev–Trinajstić information content (AvgIpc) is 3.03. The highest BCUT2D eigenvalue weighted by molar-refractivity contribution is 7.98. The Hall–Kier alpha value is -2.77. The molecule has 0 unspecified atom stereocenters. The van der Waals surface area contributed by atoms with E-state index < -0.39 is 0 Å². The van der Waals surface area contributed by atoms with E-state index in [1.54, 1.807) is 28.5 Å². The lowest BCUT2D eigenvalue weighted by Crippen LogP contribution is -2.22. The molecule has 0 spiro atoms. The molecule has 26 heavy (non-hydrogen) atoms. The summed E-state index contributed by atoms with van der Waals surface area (Å²) in [5.41, 5.74) is 7.47. The van der Waals surface area contributed by atoms with Crippen LogP contribution < -0.4 is 11.3 Å². The van der Waals surface area contributed by atoms with Crippen molar-refractivity contribution in [1.29, 1.82) is 0 Å². The Morgan fingerprint density at radius 1 is 1.15 bits per heavy atom. The van der Waals surface area contributed by atoms with Gasteiger partial charge in [-0.25, -0.2) is 4.98 Å². The topological polar surface area (TPSA) is 89.6 Å². The molecule has 0 radical (unpaired) electrons. The van der Waals surface area contributed by atoms with E-state index in [4.69, 9.17) is 17.3 Å². The number of nitrogen functional groups attached to an aromatic ring is 1. The largest absolute Gasteiger partial charge is 0.381 e. The fourth-order valence-electron chi connectivity index (χ4n) is 2.83. The average molecular weight is 384 g/mol. The summed E-state index contributed by atoms with van der Waals surface area (Å²) >= 11 is 7.56. The summed E-state index contributed by atoms with van der Waals surface area (Å²) in [5.74, 6) is 0.625. The van der Waals surface area contributed by atoms with E-state index >= 15 is 0 Å². The third-order valence-corrected chi connectivity index (χ3v) is 5.09. The number of nitrogens with one attached hydrogen (secondary N) is 1. The Morgan fingerprint density at radius 3 is 2.62 bits per heavy atom. The first-order chi connectivity index (χ1) is 12.6. The van der Waals surface area contributed by atoms with Gasteiger partial charge in [0, 0.05) is 15.5 Å². The molecule has 2 aromatic heterocycles. The first-order valence-electron chi connectivity index (χ1n) is 7.76. The number of para-hydroxylation sites is 1. The van der Waals surface area contributed by atoms with E-state index in [0.29, 0.717) is 16.5 Å². The zero-order chi connectivity index (χ0) is 18.3. The predicted molar refractivity (Wildman–Crippen MR) is 106 cm³/mol. The number of hydrogen-bond acceptors (Lipinski definition) is 5. The van der Waals surface area contributed by atoms with E-state index in [-0.39, 0.29) is 16.8 Å². The van der Waals surface area contributed by atoms with Crippen LogP contribution in [0, 0.1) is 0 Å². The molecule has 8 heteroatoms. The monoisotopic (exact) mass is 383 g/mol. The summed E-state index contributed by atoms with van der Waals surface area (Å²) < 4.78 is 1.57. The first kappa shape index (κ1) is 16.7. The zero-order valence-electron chi connectivity index (χ0n) is 13.7. The summed E-state index contributed by atoms with van der Waals surface area (Å²) in [6.07, 6.45) is 1.96. The van der Waals surface area contributed by atoms with Crippen LogP contribution in [0.15, 0.2) is 58.2 Å². The van der Waals surface area contributed by atoms with Crippen LogP contribution in [0.25, 0.3) is 28.1 Å². The van der Waals surface area contributed by atoms with Gasteiger partial charge in [0.25, 0.3) is 5.56 Å². The van der Waals surface area contributed by atoms with E-state index in [0.717, 1.165) is 16.1 Å². The number of rotatable bonds is 3. The van der Waals surface area contributed by atoms with E-state index in [2.05, 4.69) is 15.2 Å². The predicted octanol–water partition coefficient (Wildman–Crippen LogP) is 3.73. The number of nitrogens with zero attached hydrogens (tertiary/aromatic N) is 3. The van der Waals surface area contributed by atoms with Crippen molar-refractivity contribution in [2.45, 2.75) is 4.90 Å². The Balaban J connectivity index is 2.13. The van der Waals surface area contributed by atoms with Gasteiger partial charge in [0.15, 0.2) is 11.5 Å². The molecular weight excluding hydrogens is 370 g/mol. The minimum Gasteiger partial charge on any atom is -0.381 e. The van der Waals surface area contributed by atoms with Gasteiger partial charge in [-0.3, -0.25) is 14.5 Å². The summed E-state index contributed by atoms with van der Waals surface area (Å²) in [6, 6.07) is 14.8. The number of aromatic amines is 1. The molecule has 130 valence electrons. The van der Waals surface area contributed by atoms with Crippen LogP contribution in [0.2, 0.25) is 5.02 Å². The standard InChI is InChI=1S/C18H14ClN5OS/c1-26-13-5-3-2-4-12(13)24-17(10-6-8-11(19)9-7-10)21-16-14(18(24)25)15(20)22-23-16/h2-9H,1H3,(H3,20,22,23). The molecule has 0 bridgehead atoms. The second kappa shape index (κ2) is 6.51. The lowest BCUT2D eigenvalue weighted by atomic mass is 10.2. The minimum atomic E-state index is -0.271. The third-order valence-electron chi connectivity index (χ3n) is 4.05. The molecule has 4 rings (SSSR count). The highest BCUT2D eigenvalue weighted by Gasteiger charge is 2.19. The molecule has 0 fully saturated rings. The van der Waals surface area contributed by atoms with Crippen molar-refractivity contribution in [2.75, 3.05) is 12.0 Å². The van der Waals surface area contributed by atoms with E-state index in [9.17, 15) is 4.79 Å². The van der Waals surface area contributed by atoms with Crippen LogP contribution in [-0.4, -0.2) is 26.0 Å². The van der Waals surface area contributed by atoms with Crippen molar-refractivity contribution in [3.63, 3.8) is 0 Å². The Morgan fingerprint density at radius 2 is 1.88 bits per heavy atom. The first-order valence-corrected chi connectivity index (χ1v) is 9.36. The number of H-pyrrole nitrogens is 1. The van der Waals surface area contributed by atoms with E-state index in [1.807, 2.05) is 42.7 Å². The number of thioether (sulfide) groups is 1. The fraction of sp³-hybridized carbons (Fsp3) is 0.0556. The number of fused-ring (bicyclic) bond motifs is 1. The number of anilines is 1. The van der Waals surface area contributed by atoms with Gasteiger partial charge in [-0.2, -0.15) is 5.10 Å². The quantitative estimate of drug-likeness (QED) is 0.526. The smallest absolute Gasteiger partial charge is 0.271 e. The molecule has 0 saturated carbocycles. The van der Waals surface area contributed by atoms with Crippen LogP contribution in [0.5, 0.6) is 0 Å². The SMILES string of the molecule is CSc1ccccc1-n1c(-c2ccc(Cl)cc2)nc2[nH]nc(N)c2c1=O. The molecule has 0 aliphatic rings. The Kier molecular flexibility index (Phi) is 4.18. The second-order valence-electron chi connectivity index (χ2n) is 5.59. The van der Waals surface area contributed by atoms with Crippen LogP contribution in [-0.2, 0) is 0 Å². The number of halogens is 1. The van der Waals surface area contributed by atoms with Crippen molar-refractivity contribution in [3.05, 3.63) is 63.9 Å². The minimum absolute atomic E-state index is 0.135. The number of aromatic nitrogens is 4. The van der Waals surface area contributed by atoms with Gasteiger partial charge < -0.3 is 5.73 Å². The Bertz CT molecular complexity index is 1170. The van der Waals surface area contributed by atoms with E-state index in [1.165, 1.54) is 0 Å². The highest BCUT2D eigenvalue weighted by atomic mass is 35.5. The van der Waals surface area contributed by atoms with Crippen molar-refractivity contribution in [3.8, 4) is 17.1 Å². The van der Waals surface area contributed by atoms with Gasteiger partial charge in [-0.15, -0.1) is 11.8 Å². The summed E-state index contributed by atoms with van der Waals surface area (Å²) in [4.78, 5) is 18.9.